The molecule has 2 aromatic heterocycles. The van der Waals surface area contributed by atoms with Crippen LogP contribution >= 0.6 is 0 Å². The van der Waals surface area contributed by atoms with Gasteiger partial charge < -0.3 is 39.7 Å². The van der Waals surface area contributed by atoms with Crippen LogP contribution in [0, 0.1) is 11.8 Å². The highest BCUT2D eigenvalue weighted by Gasteiger charge is 2.61. The van der Waals surface area contributed by atoms with E-state index in [2.05, 4.69) is 20.9 Å². The topological polar surface area (TPSA) is 172 Å². The molecule has 0 aliphatic carbocycles. The van der Waals surface area contributed by atoms with Gasteiger partial charge in [-0.2, -0.15) is 0 Å². The van der Waals surface area contributed by atoms with Gasteiger partial charge in [0.05, 0.1) is 6.10 Å². The van der Waals surface area contributed by atoms with Gasteiger partial charge in [0.15, 0.2) is 17.7 Å². The van der Waals surface area contributed by atoms with Crippen LogP contribution in [0.15, 0.2) is 57.6 Å². The van der Waals surface area contributed by atoms with E-state index < -0.39 is 47.7 Å². The van der Waals surface area contributed by atoms with Crippen molar-refractivity contribution >= 4 is 17.5 Å². The molecule has 0 radical (unpaired) electrons. The Morgan fingerprint density at radius 1 is 1.04 bits per heavy atom. The molecule has 3 unspecified atom stereocenters. The van der Waals surface area contributed by atoms with Crippen LogP contribution < -0.4 is 20.7 Å². The zero-order valence-electron chi connectivity index (χ0n) is 26.2. The number of oxazole rings is 2. The lowest BCUT2D eigenvalue weighted by Gasteiger charge is -2.29. The molecule has 0 saturated heterocycles. The lowest BCUT2D eigenvalue weighted by Crippen LogP contribution is -2.52. The number of aromatic nitrogens is 2. The van der Waals surface area contributed by atoms with Gasteiger partial charge in [-0.3, -0.25) is 9.59 Å². The van der Waals surface area contributed by atoms with E-state index in [1.807, 2.05) is 56.3 Å². The number of fused-ring (bicyclic) bond motifs is 4. The minimum absolute atomic E-state index is 0.152. The Labute approximate surface area is 265 Å². The number of ether oxygens (including phenoxy) is 1. The standard InChI is InChI=1S/C34H37N5O7/c1-15(2)25-32-39-26(31-36-23(14-44-31)17(5)40)28(46-32)34-19-8-6-7-9-21(19)37-33(34)45-24-11-10-18(12-20(24)34)13-22(29(42)38-25)35-30(43)27(41)16(3)4/h6-12,14-17,22,25,27,33,37,40-41H,13H2,1-5H3,(H,35,43)(H,38,42)/t17?,22-,25-,27-,33?,34?/m0/s1. The molecule has 1 spiro atoms. The van der Waals surface area contributed by atoms with Crippen LogP contribution in [0.5, 0.6) is 5.75 Å². The highest BCUT2D eigenvalue weighted by atomic mass is 16.5. The number of carbonyl (C=O) groups excluding carboxylic acids is 2. The molecule has 12 nitrogen and oxygen atoms in total. The quantitative estimate of drug-likeness (QED) is 0.212. The predicted octanol–water partition coefficient (Wildman–Crippen LogP) is 3.73. The van der Waals surface area contributed by atoms with Crippen LogP contribution in [0.2, 0.25) is 0 Å². The number of benzene rings is 2. The first-order valence-electron chi connectivity index (χ1n) is 15.6. The molecule has 2 aromatic carbocycles. The SMILES string of the molecule is CC(O)c1coc(-c2nc3oc2C24c5ccccc5NC2Oc2ccc(cc24)C[C@H](NC(=O)[C@@H](O)C(C)C)C(=O)N[C@H]3C(C)C)n1. The van der Waals surface area contributed by atoms with Gasteiger partial charge >= 0.3 is 0 Å². The smallest absolute Gasteiger partial charge is 0.249 e. The molecule has 46 heavy (non-hydrogen) atoms. The van der Waals surface area contributed by atoms with Crippen molar-refractivity contribution in [3.05, 3.63) is 82.8 Å². The Morgan fingerprint density at radius 2 is 1.83 bits per heavy atom. The van der Waals surface area contributed by atoms with Crippen LogP contribution in [0.3, 0.4) is 0 Å². The number of anilines is 1. The fraction of sp³-hybridized carbons (Fsp3) is 0.412. The zero-order valence-corrected chi connectivity index (χ0v) is 26.2. The van der Waals surface area contributed by atoms with E-state index in [9.17, 15) is 19.8 Å². The highest BCUT2D eigenvalue weighted by Crippen LogP contribution is 2.59. The van der Waals surface area contributed by atoms with Gasteiger partial charge in [0.1, 0.15) is 41.3 Å². The molecule has 5 N–H and O–H groups in total. The fourth-order valence-corrected chi connectivity index (χ4v) is 6.59. The second-order valence-corrected chi connectivity index (χ2v) is 13.0. The van der Waals surface area contributed by atoms with Gasteiger partial charge in [0.2, 0.25) is 23.6 Å². The van der Waals surface area contributed by atoms with Gasteiger partial charge in [-0.15, -0.1) is 0 Å². The van der Waals surface area contributed by atoms with E-state index in [1.54, 1.807) is 20.8 Å². The number of hydrogen-bond donors (Lipinski definition) is 5. The van der Waals surface area contributed by atoms with Crippen molar-refractivity contribution in [1.29, 1.82) is 0 Å². The molecule has 2 amide bonds. The van der Waals surface area contributed by atoms with Crippen molar-refractivity contribution in [1.82, 2.24) is 20.6 Å². The van der Waals surface area contributed by atoms with Crippen LogP contribution in [0.1, 0.15) is 80.8 Å². The maximum absolute atomic E-state index is 13.9. The summed E-state index contributed by atoms with van der Waals surface area (Å²) >= 11 is 0. The molecular weight excluding hydrogens is 590 g/mol. The number of para-hydroxylation sites is 1. The van der Waals surface area contributed by atoms with Gasteiger partial charge in [-0.1, -0.05) is 58.0 Å². The average Bonchev–Trinajstić information content (AvgIpc) is 3.79. The van der Waals surface area contributed by atoms with Crippen LogP contribution in [0.4, 0.5) is 5.69 Å². The van der Waals surface area contributed by atoms with Gasteiger partial charge in [-0.05, 0) is 42.0 Å². The summed E-state index contributed by atoms with van der Waals surface area (Å²) in [6.07, 6.45) is -1.22. The third kappa shape index (κ3) is 4.58. The van der Waals surface area contributed by atoms with Crippen LogP contribution in [-0.4, -0.2) is 50.4 Å². The molecule has 6 atom stereocenters. The number of carbonyl (C=O) groups is 2. The van der Waals surface area contributed by atoms with Gasteiger partial charge in [0, 0.05) is 17.7 Å². The molecule has 3 aliphatic heterocycles. The highest BCUT2D eigenvalue weighted by molar-refractivity contribution is 5.90. The van der Waals surface area contributed by atoms with E-state index in [-0.39, 0.29) is 30.0 Å². The molecule has 5 heterocycles. The minimum Gasteiger partial charge on any atom is -0.469 e. The number of rotatable bonds is 6. The first-order chi connectivity index (χ1) is 22.0. The Balaban J connectivity index is 1.48. The molecule has 12 heteroatoms. The maximum Gasteiger partial charge on any atom is 0.249 e. The third-order valence-corrected chi connectivity index (χ3v) is 9.10. The van der Waals surface area contributed by atoms with E-state index in [1.165, 1.54) is 6.26 Å². The number of nitrogens with one attached hydrogen (secondary N) is 3. The Bertz CT molecular complexity index is 1830. The summed E-state index contributed by atoms with van der Waals surface area (Å²) < 4.78 is 19.2. The number of aliphatic hydroxyl groups is 2. The minimum atomic E-state index is -1.28. The Morgan fingerprint density at radius 3 is 2.54 bits per heavy atom. The molecule has 7 rings (SSSR count). The second-order valence-electron chi connectivity index (χ2n) is 13.0. The zero-order chi connectivity index (χ0) is 32.5. The second kappa shape index (κ2) is 11.0. The molecular formula is C34H37N5O7. The summed E-state index contributed by atoms with van der Waals surface area (Å²) in [6, 6.07) is 11.9. The lowest BCUT2D eigenvalue weighted by atomic mass is 9.72. The van der Waals surface area contributed by atoms with Gasteiger partial charge in [-0.25, -0.2) is 9.97 Å². The van der Waals surface area contributed by atoms with E-state index in [0.29, 0.717) is 22.9 Å². The number of nitrogens with zero attached hydrogens (tertiary/aromatic N) is 2. The van der Waals surface area contributed by atoms with E-state index in [0.717, 1.165) is 22.4 Å². The average molecular weight is 628 g/mol. The van der Waals surface area contributed by atoms with Crippen LogP contribution in [-0.2, 0) is 21.4 Å². The summed E-state index contributed by atoms with van der Waals surface area (Å²) in [4.78, 5) is 36.5. The number of hydrogen-bond acceptors (Lipinski definition) is 10. The Hall–Kier alpha value is -4.68. The van der Waals surface area contributed by atoms with Crippen molar-refractivity contribution in [2.45, 2.75) is 77.0 Å². The molecule has 0 fully saturated rings. The lowest BCUT2D eigenvalue weighted by molar-refractivity contribution is -0.135. The molecule has 240 valence electrons. The predicted molar refractivity (Wildman–Crippen MR) is 166 cm³/mol. The monoisotopic (exact) mass is 627 g/mol. The number of aliphatic hydroxyl groups excluding tert-OH is 2. The van der Waals surface area contributed by atoms with Crippen LogP contribution in [0.25, 0.3) is 11.6 Å². The van der Waals surface area contributed by atoms with E-state index >= 15 is 0 Å². The van der Waals surface area contributed by atoms with E-state index in [4.69, 9.17) is 18.6 Å². The summed E-state index contributed by atoms with van der Waals surface area (Å²) in [6.45, 7) is 8.93. The normalized spacial score (nSPS) is 24.2. The van der Waals surface area contributed by atoms with Crippen molar-refractivity contribution < 1.29 is 33.4 Å². The molecule has 4 aromatic rings. The molecule has 3 aliphatic rings. The summed E-state index contributed by atoms with van der Waals surface area (Å²) in [7, 11) is 0. The Kier molecular flexibility index (Phi) is 7.17. The summed E-state index contributed by atoms with van der Waals surface area (Å²) in [5.74, 6) is -0.182. The largest absolute Gasteiger partial charge is 0.469 e. The molecule has 4 bridgehead atoms. The maximum atomic E-state index is 13.9. The van der Waals surface area contributed by atoms with Crippen molar-refractivity contribution in [3.63, 3.8) is 0 Å². The first-order valence-corrected chi connectivity index (χ1v) is 15.6. The fourth-order valence-electron chi connectivity index (χ4n) is 6.59. The van der Waals surface area contributed by atoms with Crippen molar-refractivity contribution in [3.8, 4) is 17.3 Å². The van der Waals surface area contributed by atoms with Gasteiger partial charge in [0.25, 0.3) is 0 Å². The summed E-state index contributed by atoms with van der Waals surface area (Å²) in [5.41, 5.74) is 2.92. The molecule has 0 saturated carbocycles. The van der Waals surface area contributed by atoms with Crippen molar-refractivity contribution in [2.24, 2.45) is 11.8 Å². The van der Waals surface area contributed by atoms with Crippen molar-refractivity contribution in [2.75, 3.05) is 5.32 Å². The summed E-state index contributed by atoms with van der Waals surface area (Å²) in [5, 5.41) is 30.1. The third-order valence-electron chi connectivity index (χ3n) is 9.10. The number of amides is 2. The first kappa shape index (κ1) is 30.0.